The van der Waals surface area contributed by atoms with Crippen LogP contribution in [0.5, 0.6) is 0 Å². The monoisotopic (exact) mass is 304 g/mol. The van der Waals surface area contributed by atoms with Gasteiger partial charge in [0.2, 0.25) is 0 Å². The van der Waals surface area contributed by atoms with Crippen LogP contribution in [0, 0.1) is 28.1 Å². The van der Waals surface area contributed by atoms with Crippen LogP contribution in [-0.2, 0) is 0 Å². The van der Waals surface area contributed by atoms with Crippen molar-refractivity contribution in [2.24, 2.45) is 28.1 Å². The summed E-state index contributed by atoms with van der Waals surface area (Å²) in [6.45, 7) is 11.0. The van der Waals surface area contributed by atoms with Gasteiger partial charge in [-0.1, -0.05) is 38.5 Å². The van der Waals surface area contributed by atoms with E-state index in [4.69, 9.17) is 0 Å². The largest absolute Gasteiger partial charge is 0.396 e. The zero-order valence-electron chi connectivity index (χ0n) is 14.4. The highest BCUT2D eigenvalue weighted by Gasteiger charge is 2.58. The highest BCUT2D eigenvalue weighted by Crippen LogP contribution is 2.63. The Bertz CT molecular complexity index is 496. The Hall–Kier alpha value is -0.600. The molecule has 124 valence electrons. The van der Waals surface area contributed by atoms with Crippen LogP contribution in [0.3, 0.4) is 0 Å². The molecule has 2 fully saturated rings. The molecule has 0 unspecified atom stereocenters. The summed E-state index contributed by atoms with van der Waals surface area (Å²) in [4.78, 5) is 0. The summed E-state index contributed by atoms with van der Waals surface area (Å²) in [6.07, 6.45) is 10.7. The molecular weight excluding hydrogens is 272 g/mol. The molecule has 0 spiro atoms. The van der Waals surface area contributed by atoms with Crippen LogP contribution >= 0.6 is 0 Å². The Balaban J connectivity index is 1.96. The van der Waals surface area contributed by atoms with E-state index in [0.717, 1.165) is 25.7 Å². The first kappa shape index (κ1) is 16.3. The number of aliphatic hydroxyl groups is 2. The number of aliphatic hydroxyl groups excluding tert-OH is 2. The van der Waals surface area contributed by atoms with Gasteiger partial charge in [-0.2, -0.15) is 0 Å². The number of fused-ring (bicyclic) bond motifs is 3. The minimum atomic E-state index is -0.368. The first-order valence-corrected chi connectivity index (χ1v) is 8.90. The second kappa shape index (κ2) is 5.21. The van der Waals surface area contributed by atoms with E-state index in [2.05, 4.69) is 39.5 Å². The third-order valence-corrected chi connectivity index (χ3v) is 7.61. The van der Waals surface area contributed by atoms with Crippen LogP contribution in [0.2, 0.25) is 0 Å². The molecule has 0 aromatic heterocycles. The van der Waals surface area contributed by atoms with Crippen LogP contribution in [0.4, 0.5) is 0 Å². The van der Waals surface area contributed by atoms with Gasteiger partial charge < -0.3 is 10.2 Å². The zero-order chi connectivity index (χ0) is 16.2. The van der Waals surface area contributed by atoms with Gasteiger partial charge in [0.25, 0.3) is 0 Å². The molecule has 0 amide bonds. The molecule has 22 heavy (non-hydrogen) atoms. The molecule has 0 aromatic rings. The Morgan fingerprint density at radius 3 is 2.64 bits per heavy atom. The fourth-order valence-corrected chi connectivity index (χ4v) is 5.86. The topological polar surface area (TPSA) is 40.5 Å². The lowest BCUT2D eigenvalue weighted by molar-refractivity contribution is -0.147. The van der Waals surface area contributed by atoms with Crippen molar-refractivity contribution in [2.75, 3.05) is 6.61 Å². The summed E-state index contributed by atoms with van der Waals surface area (Å²) in [7, 11) is 0. The van der Waals surface area contributed by atoms with E-state index in [0.29, 0.717) is 11.8 Å². The molecule has 0 saturated heterocycles. The van der Waals surface area contributed by atoms with Gasteiger partial charge in [-0.15, -0.1) is 6.58 Å². The van der Waals surface area contributed by atoms with Crippen LogP contribution in [0.1, 0.15) is 59.3 Å². The standard InChI is InChI=1S/C20H32O2/c1-5-18(2)10-8-15-14(12-18)6-7-16-19(15,3)11-9-17(22)20(16,4)13-21/h5-6,15-17,21-22H,1,7-13H2,2-4H3/t15-,16+,17+,18-,19+,20+/m0/s1. The minimum absolute atomic E-state index is 0.0920. The number of hydrogen-bond donors (Lipinski definition) is 2. The van der Waals surface area contributed by atoms with Gasteiger partial charge in [-0.05, 0) is 61.2 Å². The van der Waals surface area contributed by atoms with Crippen LogP contribution in [0.25, 0.3) is 0 Å². The minimum Gasteiger partial charge on any atom is -0.396 e. The van der Waals surface area contributed by atoms with E-state index in [9.17, 15) is 10.2 Å². The maximum Gasteiger partial charge on any atom is 0.0618 e. The Kier molecular flexibility index (Phi) is 3.85. The van der Waals surface area contributed by atoms with Crippen molar-refractivity contribution >= 4 is 0 Å². The van der Waals surface area contributed by atoms with Gasteiger partial charge in [-0.25, -0.2) is 0 Å². The fraction of sp³-hybridized carbons (Fsp3) is 0.800. The first-order valence-electron chi connectivity index (χ1n) is 8.90. The highest BCUT2D eigenvalue weighted by molar-refractivity contribution is 5.25. The van der Waals surface area contributed by atoms with Crippen LogP contribution in [-0.4, -0.2) is 22.9 Å². The summed E-state index contributed by atoms with van der Waals surface area (Å²) >= 11 is 0. The first-order chi connectivity index (χ1) is 10.3. The molecule has 3 rings (SSSR count). The van der Waals surface area contributed by atoms with Crippen molar-refractivity contribution in [3.05, 3.63) is 24.3 Å². The van der Waals surface area contributed by atoms with Crippen molar-refractivity contribution in [1.82, 2.24) is 0 Å². The second-order valence-corrected chi connectivity index (χ2v) is 8.92. The number of rotatable bonds is 2. The predicted molar refractivity (Wildman–Crippen MR) is 90.4 cm³/mol. The summed E-state index contributed by atoms with van der Waals surface area (Å²) in [5.74, 6) is 1.01. The summed E-state index contributed by atoms with van der Waals surface area (Å²) in [6, 6.07) is 0. The van der Waals surface area contributed by atoms with Gasteiger partial charge in [0.15, 0.2) is 0 Å². The molecule has 3 aliphatic rings. The smallest absolute Gasteiger partial charge is 0.0618 e. The van der Waals surface area contributed by atoms with E-state index < -0.39 is 0 Å². The van der Waals surface area contributed by atoms with Gasteiger partial charge in [0, 0.05) is 5.41 Å². The van der Waals surface area contributed by atoms with Crippen molar-refractivity contribution in [3.8, 4) is 0 Å². The van der Waals surface area contributed by atoms with Gasteiger partial charge in [-0.3, -0.25) is 0 Å². The average Bonchev–Trinajstić information content (AvgIpc) is 2.51. The number of allylic oxidation sites excluding steroid dienone is 3. The Morgan fingerprint density at radius 2 is 2.00 bits per heavy atom. The predicted octanol–water partition coefficient (Wildman–Crippen LogP) is 4.08. The van der Waals surface area contributed by atoms with Gasteiger partial charge >= 0.3 is 0 Å². The van der Waals surface area contributed by atoms with Crippen LogP contribution in [0.15, 0.2) is 24.3 Å². The molecule has 0 aliphatic heterocycles. The molecule has 0 radical (unpaired) electrons. The van der Waals surface area contributed by atoms with E-state index in [1.54, 1.807) is 5.57 Å². The average molecular weight is 304 g/mol. The molecule has 2 nitrogen and oxygen atoms in total. The summed E-state index contributed by atoms with van der Waals surface area (Å²) in [5.41, 5.74) is 1.74. The Labute approximate surface area is 135 Å². The molecule has 2 N–H and O–H groups in total. The van der Waals surface area contributed by atoms with Gasteiger partial charge in [0.1, 0.15) is 0 Å². The normalized spacial score (nSPS) is 51.5. The molecule has 0 heterocycles. The van der Waals surface area contributed by atoms with E-state index in [1.807, 2.05) is 0 Å². The van der Waals surface area contributed by atoms with Crippen molar-refractivity contribution < 1.29 is 10.2 Å². The SMILES string of the molecule is C=C[C@@]1(C)CC[C@H]2C(=CC[C@@H]3[C@]2(C)CC[C@@H](O)[C@]3(C)CO)C1. The summed E-state index contributed by atoms with van der Waals surface area (Å²) < 4.78 is 0. The fourth-order valence-electron chi connectivity index (χ4n) is 5.86. The lowest BCUT2D eigenvalue weighted by atomic mass is 9.45. The van der Waals surface area contributed by atoms with E-state index >= 15 is 0 Å². The molecular formula is C20H32O2. The maximum atomic E-state index is 10.5. The maximum absolute atomic E-state index is 10.5. The highest BCUT2D eigenvalue weighted by atomic mass is 16.3. The molecule has 6 atom stereocenters. The second-order valence-electron chi connectivity index (χ2n) is 8.92. The third kappa shape index (κ3) is 2.14. The van der Waals surface area contributed by atoms with Crippen molar-refractivity contribution in [3.63, 3.8) is 0 Å². The van der Waals surface area contributed by atoms with Crippen molar-refractivity contribution in [1.29, 1.82) is 0 Å². The quantitative estimate of drug-likeness (QED) is 0.755. The van der Waals surface area contributed by atoms with E-state index in [1.165, 1.54) is 12.8 Å². The number of hydrogen-bond acceptors (Lipinski definition) is 2. The zero-order valence-corrected chi connectivity index (χ0v) is 14.4. The van der Waals surface area contributed by atoms with Crippen molar-refractivity contribution in [2.45, 2.75) is 65.4 Å². The molecule has 0 aromatic carbocycles. The lowest BCUT2D eigenvalue weighted by Gasteiger charge is -2.60. The third-order valence-electron chi connectivity index (χ3n) is 7.61. The van der Waals surface area contributed by atoms with E-state index in [-0.39, 0.29) is 29.0 Å². The van der Waals surface area contributed by atoms with Crippen LogP contribution < -0.4 is 0 Å². The Morgan fingerprint density at radius 1 is 1.27 bits per heavy atom. The molecule has 2 saturated carbocycles. The molecule has 2 heteroatoms. The molecule has 0 bridgehead atoms. The summed E-state index contributed by atoms with van der Waals surface area (Å²) in [5, 5.41) is 20.5. The van der Waals surface area contributed by atoms with Gasteiger partial charge in [0.05, 0.1) is 12.7 Å². The lowest BCUT2D eigenvalue weighted by Crippen LogP contribution is -2.57. The molecule has 3 aliphatic carbocycles.